The van der Waals surface area contributed by atoms with E-state index < -0.39 is 0 Å². The van der Waals surface area contributed by atoms with Crippen LogP contribution in [0.3, 0.4) is 0 Å². The molecule has 0 saturated heterocycles. The molecule has 0 radical (unpaired) electrons. The molecule has 0 N–H and O–H groups in total. The van der Waals surface area contributed by atoms with Crippen molar-refractivity contribution in [1.29, 1.82) is 0 Å². The summed E-state index contributed by atoms with van der Waals surface area (Å²) < 4.78 is 4.36. The largest absolute Gasteiger partial charge is 0.332 e. The number of nitrogens with zero attached hydrogens (tertiary/aromatic N) is 4. The molecule has 2 aromatic heterocycles. The van der Waals surface area contributed by atoms with E-state index >= 15 is 0 Å². The summed E-state index contributed by atoms with van der Waals surface area (Å²) in [5, 5.41) is 0. The molecule has 0 aliphatic carbocycles. The summed E-state index contributed by atoms with van der Waals surface area (Å²) >= 11 is 0. The van der Waals surface area contributed by atoms with Crippen molar-refractivity contribution in [3.63, 3.8) is 0 Å². The molecule has 0 aromatic carbocycles. The van der Waals surface area contributed by atoms with Crippen LogP contribution in [0.2, 0.25) is 0 Å². The average molecular weight is 262 g/mol. The molecule has 0 aliphatic rings. The summed E-state index contributed by atoms with van der Waals surface area (Å²) in [5.74, 6) is 0. The molecule has 6 heteroatoms. The van der Waals surface area contributed by atoms with Gasteiger partial charge in [0.15, 0.2) is 11.2 Å². The molecule has 102 valence electrons. The zero-order chi connectivity index (χ0) is 14.0. The quantitative estimate of drug-likeness (QED) is 0.604. The van der Waals surface area contributed by atoms with Crippen LogP contribution in [0, 0.1) is 0 Å². The van der Waals surface area contributed by atoms with Gasteiger partial charge in [-0.2, -0.15) is 0 Å². The second-order valence-electron chi connectivity index (χ2n) is 4.54. The number of aromatic nitrogens is 4. The van der Waals surface area contributed by atoms with Crippen LogP contribution < -0.4 is 11.2 Å². The van der Waals surface area contributed by atoms with Crippen LogP contribution in [0.4, 0.5) is 0 Å². The van der Waals surface area contributed by atoms with Crippen molar-refractivity contribution in [2.24, 2.45) is 14.1 Å². The molecule has 0 saturated carbocycles. The van der Waals surface area contributed by atoms with E-state index in [-0.39, 0.29) is 11.2 Å². The summed E-state index contributed by atoms with van der Waals surface area (Å²) in [4.78, 5) is 28.5. The zero-order valence-corrected chi connectivity index (χ0v) is 11.5. The Morgan fingerprint density at radius 2 is 2.05 bits per heavy atom. The van der Waals surface area contributed by atoms with Gasteiger partial charge in [0.1, 0.15) is 0 Å². The number of rotatable bonds is 4. The molecule has 2 aromatic rings. The first kappa shape index (κ1) is 13.3. The second kappa shape index (κ2) is 5.26. The molecule has 6 nitrogen and oxygen atoms in total. The highest BCUT2D eigenvalue weighted by molar-refractivity contribution is 5.69. The van der Waals surface area contributed by atoms with Gasteiger partial charge in [0.2, 0.25) is 0 Å². The van der Waals surface area contributed by atoms with Crippen molar-refractivity contribution in [3.05, 3.63) is 39.3 Å². The highest BCUT2D eigenvalue weighted by Gasteiger charge is 2.14. The van der Waals surface area contributed by atoms with Crippen molar-refractivity contribution in [1.82, 2.24) is 18.7 Å². The summed E-state index contributed by atoms with van der Waals surface area (Å²) in [5.41, 5.74) is 0.325. The van der Waals surface area contributed by atoms with Crippen LogP contribution in [0.1, 0.15) is 19.8 Å². The van der Waals surface area contributed by atoms with Crippen molar-refractivity contribution in [2.75, 3.05) is 0 Å². The highest BCUT2D eigenvalue weighted by atomic mass is 16.2. The maximum atomic E-state index is 12.3. The number of unbranched alkanes of at least 4 members (excludes halogenated alkanes) is 1. The fourth-order valence-electron chi connectivity index (χ4n) is 2.13. The van der Waals surface area contributed by atoms with E-state index in [4.69, 9.17) is 0 Å². The van der Waals surface area contributed by atoms with E-state index in [1.54, 1.807) is 25.0 Å². The summed E-state index contributed by atoms with van der Waals surface area (Å²) in [6, 6.07) is 0. The van der Waals surface area contributed by atoms with Gasteiger partial charge in [-0.3, -0.25) is 13.9 Å². The number of fused-ring (bicyclic) bond motifs is 1. The Morgan fingerprint density at radius 3 is 2.74 bits per heavy atom. The van der Waals surface area contributed by atoms with Crippen molar-refractivity contribution in [3.8, 4) is 0 Å². The monoisotopic (exact) mass is 262 g/mol. The molecule has 0 bridgehead atoms. The van der Waals surface area contributed by atoms with Crippen LogP contribution >= 0.6 is 0 Å². The molecule has 0 amide bonds. The van der Waals surface area contributed by atoms with E-state index in [9.17, 15) is 9.59 Å². The molecule has 0 unspecified atom stereocenters. The van der Waals surface area contributed by atoms with Gasteiger partial charge in [0.05, 0.1) is 6.33 Å². The second-order valence-corrected chi connectivity index (χ2v) is 4.54. The fourth-order valence-corrected chi connectivity index (χ4v) is 2.13. The van der Waals surface area contributed by atoms with Gasteiger partial charge < -0.3 is 4.57 Å². The molecule has 2 heterocycles. The summed E-state index contributed by atoms with van der Waals surface area (Å²) in [6.45, 7) is 2.38. The third kappa shape index (κ3) is 2.25. The number of aryl methyl sites for hydroxylation is 2. The average Bonchev–Trinajstić information content (AvgIpc) is 2.77. The van der Waals surface area contributed by atoms with E-state index in [0.717, 1.165) is 12.8 Å². The number of hydrogen-bond donors (Lipinski definition) is 0. The molecule has 0 fully saturated rings. The zero-order valence-electron chi connectivity index (χ0n) is 11.5. The van der Waals surface area contributed by atoms with Crippen molar-refractivity contribution >= 4 is 11.2 Å². The smallest absolute Gasteiger partial charge is 0.328 e. The van der Waals surface area contributed by atoms with Crippen LogP contribution in [0.5, 0.6) is 0 Å². The molecule has 0 aliphatic heterocycles. The van der Waals surface area contributed by atoms with E-state index in [1.165, 1.54) is 9.13 Å². The summed E-state index contributed by atoms with van der Waals surface area (Å²) in [6.07, 6.45) is 7.16. The minimum absolute atomic E-state index is 0.265. The van der Waals surface area contributed by atoms with Crippen LogP contribution in [-0.4, -0.2) is 18.7 Å². The first-order valence-corrected chi connectivity index (χ1v) is 6.30. The predicted molar refractivity (Wildman–Crippen MR) is 74.3 cm³/mol. The predicted octanol–water partition coefficient (Wildman–Crippen LogP) is 0.790. The lowest BCUT2D eigenvalue weighted by molar-refractivity contribution is 0.575. The van der Waals surface area contributed by atoms with Gasteiger partial charge in [-0.05, 0) is 19.8 Å². The number of imidazole rings is 1. The minimum atomic E-state index is -0.309. The Morgan fingerprint density at radius 1 is 1.32 bits per heavy atom. The number of allylic oxidation sites excluding steroid dienone is 2. The van der Waals surface area contributed by atoms with Gasteiger partial charge in [-0.15, -0.1) is 0 Å². The first-order chi connectivity index (χ1) is 9.07. The normalized spacial score (nSPS) is 11.7. The van der Waals surface area contributed by atoms with Gasteiger partial charge in [-0.25, -0.2) is 9.78 Å². The first-order valence-electron chi connectivity index (χ1n) is 6.30. The summed E-state index contributed by atoms with van der Waals surface area (Å²) in [7, 11) is 3.39. The molecule has 0 spiro atoms. The van der Waals surface area contributed by atoms with Gasteiger partial charge in [0, 0.05) is 20.6 Å². The van der Waals surface area contributed by atoms with Crippen molar-refractivity contribution < 1.29 is 0 Å². The van der Waals surface area contributed by atoms with Crippen molar-refractivity contribution in [2.45, 2.75) is 26.3 Å². The number of hydrogen-bond acceptors (Lipinski definition) is 3. The van der Waals surface area contributed by atoms with Gasteiger partial charge in [0.25, 0.3) is 5.56 Å². The van der Waals surface area contributed by atoms with Crippen LogP contribution in [-0.2, 0) is 20.6 Å². The third-order valence-electron chi connectivity index (χ3n) is 3.19. The molecule has 2 rings (SSSR count). The Kier molecular flexibility index (Phi) is 3.69. The fraction of sp³-hybridized carbons (Fsp3) is 0.462. The molecular weight excluding hydrogens is 244 g/mol. The maximum Gasteiger partial charge on any atom is 0.332 e. The lowest BCUT2D eigenvalue weighted by Gasteiger charge is -2.07. The molecular formula is C13H18N4O2. The standard InChI is InChI=1S/C13H18N4O2/c1-4-5-6-7-8-17-12(18)10-11(14-9-15(10)2)16(3)13(17)19/h4-5,9H,6-8H2,1-3H3/b5-4+. The highest BCUT2D eigenvalue weighted by Crippen LogP contribution is 2.03. The maximum absolute atomic E-state index is 12.3. The SMILES string of the molecule is C/C=C/CCCn1c(=O)c2c(ncn2C)n(C)c1=O. The van der Waals surface area contributed by atoms with E-state index in [1.807, 2.05) is 19.1 Å². The molecule has 19 heavy (non-hydrogen) atoms. The molecule has 0 atom stereocenters. The van der Waals surface area contributed by atoms with Crippen LogP contribution in [0.25, 0.3) is 11.2 Å². The minimum Gasteiger partial charge on any atom is -0.328 e. The van der Waals surface area contributed by atoms with E-state index in [0.29, 0.717) is 17.7 Å². The lowest BCUT2D eigenvalue weighted by Crippen LogP contribution is -2.39. The Labute approximate surface area is 110 Å². The van der Waals surface area contributed by atoms with Gasteiger partial charge in [-0.1, -0.05) is 12.2 Å². The topological polar surface area (TPSA) is 61.8 Å². The Balaban J connectivity index is 2.52. The Hall–Kier alpha value is -2.11. The van der Waals surface area contributed by atoms with Crippen LogP contribution in [0.15, 0.2) is 28.1 Å². The van der Waals surface area contributed by atoms with Gasteiger partial charge >= 0.3 is 5.69 Å². The lowest BCUT2D eigenvalue weighted by atomic mass is 10.3. The third-order valence-corrected chi connectivity index (χ3v) is 3.19. The van der Waals surface area contributed by atoms with E-state index in [2.05, 4.69) is 4.98 Å². The Bertz CT molecular complexity index is 733.